The molecule has 0 fully saturated rings. The first-order valence-corrected chi connectivity index (χ1v) is 5.93. The van der Waals surface area contributed by atoms with Gasteiger partial charge in [-0.3, -0.25) is 4.79 Å². The maximum atomic E-state index is 10.6. The Kier molecular flexibility index (Phi) is 3.25. The van der Waals surface area contributed by atoms with Crippen LogP contribution in [0.2, 0.25) is 0 Å². The number of hydrogen-bond donors (Lipinski definition) is 1. The molecule has 2 rings (SSSR count). The third-order valence-electron chi connectivity index (χ3n) is 2.49. The van der Waals surface area contributed by atoms with Crippen molar-refractivity contribution >= 4 is 32.7 Å². The van der Waals surface area contributed by atoms with E-state index in [0.717, 1.165) is 10.9 Å². The largest absolute Gasteiger partial charge is 0.481 e. The van der Waals surface area contributed by atoms with E-state index < -0.39 is 5.97 Å². The molecule has 3 heteroatoms. The number of aliphatic carboxylic acids is 1. The van der Waals surface area contributed by atoms with Crippen molar-refractivity contribution in [3.63, 3.8) is 0 Å². The molecule has 0 radical (unpaired) electrons. The molecule has 1 unspecified atom stereocenters. The van der Waals surface area contributed by atoms with E-state index in [0.29, 0.717) is 0 Å². The smallest absolute Gasteiger partial charge is 0.304 e. The van der Waals surface area contributed by atoms with Gasteiger partial charge < -0.3 is 5.11 Å². The third-order valence-corrected chi connectivity index (χ3v) is 3.34. The summed E-state index contributed by atoms with van der Waals surface area (Å²) in [5.74, 6) is -0.796. The summed E-state index contributed by atoms with van der Waals surface area (Å²) in [7, 11) is 0. The highest BCUT2D eigenvalue weighted by Gasteiger charge is 2.11. The molecule has 2 nitrogen and oxygen atoms in total. The Morgan fingerprint density at radius 3 is 2.56 bits per heavy atom. The first-order valence-electron chi connectivity index (χ1n) is 5.01. The van der Waals surface area contributed by atoms with E-state index in [1.165, 1.54) is 5.39 Å². The van der Waals surface area contributed by atoms with Crippen molar-refractivity contribution in [1.82, 2.24) is 0 Å². The van der Waals surface area contributed by atoms with Crippen LogP contribution in [0.3, 0.4) is 0 Å². The number of benzene rings is 2. The van der Waals surface area contributed by atoms with Crippen LogP contribution in [0.15, 0.2) is 42.5 Å². The van der Waals surface area contributed by atoms with Crippen molar-refractivity contribution in [3.05, 3.63) is 48.0 Å². The molecular formula is C13H11BrO2. The van der Waals surface area contributed by atoms with Crippen LogP contribution >= 0.6 is 15.9 Å². The lowest BCUT2D eigenvalue weighted by Crippen LogP contribution is -2.00. The van der Waals surface area contributed by atoms with Gasteiger partial charge in [0.15, 0.2) is 0 Å². The summed E-state index contributed by atoms with van der Waals surface area (Å²) in [5, 5.41) is 11.0. The Morgan fingerprint density at radius 1 is 1.19 bits per heavy atom. The SMILES string of the molecule is O=C(O)CC(Br)c1ccc2ccccc2c1. The van der Waals surface area contributed by atoms with Gasteiger partial charge in [-0.1, -0.05) is 58.4 Å². The summed E-state index contributed by atoms with van der Waals surface area (Å²) in [4.78, 5) is 10.5. The number of carboxylic acid groups (broad SMARTS) is 1. The van der Waals surface area contributed by atoms with Gasteiger partial charge in [0.05, 0.1) is 6.42 Å². The fourth-order valence-electron chi connectivity index (χ4n) is 1.67. The van der Waals surface area contributed by atoms with Crippen LogP contribution in [-0.4, -0.2) is 11.1 Å². The fourth-order valence-corrected chi connectivity index (χ4v) is 2.24. The van der Waals surface area contributed by atoms with Gasteiger partial charge in [0.25, 0.3) is 0 Å². The Morgan fingerprint density at radius 2 is 1.88 bits per heavy atom. The maximum Gasteiger partial charge on any atom is 0.304 e. The zero-order valence-electron chi connectivity index (χ0n) is 8.56. The summed E-state index contributed by atoms with van der Waals surface area (Å²) in [6, 6.07) is 14.0. The lowest BCUT2D eigenvalue weighted by molar-refractivity contribution is -0.136. The molecule has 0 aliphatic rings. The number of rotatable bonds is 3. The van der Waals surface area contributed by atoms with E-state index >= 15 is 0 Å². The molecule has 0 aromatic heterocycles. The zero-order chi connectivity index (χ0) is 11.5. The molecule has 2 aromatic rings. The normalized spacial score (nSPS) is 12.6. The molecule has 82 valence electrons. The molecule has 0 aliphatic carbocycles. The van der Waals surface area contributed by atoms with Crippen LogP contribution in [0.4, 0.5) is 0 Å². The first kappa shape index (κ1) is 11.1. The molecule has 0 aliphatic heterocycles. The average Bonchev–Trinajstić information content (AvgIpc) is 2.27. The van der Waals surface area contributed by atoms with Crippen LogP contribution in [-0.2, 0) is 4.79 Å². The van der Waals surface area contributed by atoms with Gasteiger partial charge in [-0.25, -0.2) is 0 Å². The topological polar surface area (TPSA) is 37.3 Å². The molecule has 16 heavy (non-hydrogen) atoms. The van der Waals surface area contributed by atoms with Crippen LogP contribution in [0.1, 0.15) is 16.8 Å². The van der Waals surface area contributed by atoms with Gasteiger partial charge in [0.2, 0.25) is 0 Å². The minimum atomic E-state index is -0.796. The second-order valence-electron chi connectivity index (χ2n) is 3.67. The second kappa shape index (κ2) is 4.66. The summed E-state index contributed by atoms with van der Waals surface area (Å²) >= 11 is 3.39. The van der Waals surface area contributed by atoms with Crippen molar-refractivity contribution < 1.29 is 9.90 Å². The summed E-state index contributed by atoms with van der Waals surface area (Å²) in [6.45, 7) is 0. The van der Waals surface area contributed by atoms with Gasteiger partial charge in [0.1, 0.15) is 0 Å². The lowest BCUT2D eigenvalue weighted by Gasteiger charge is -2.08. The Bertz CT molecular complexity index is 522. The van der Waals surface area contributed by atoms with E-state index in [1.54, 1.807) is 0 Å². The minimum Gasteiger partial charge on any atom is -0.481 e. The monoisotopic (exact) mass is 278 g/mol. The Hall–Kier alpha value is -1.35. The summed E-state index contributed by atoms with van der Waals surface area (Å²) in [5.41, 5.74) is 1.00. The van der Waals surface area contributed by atoms with Gasteiger partial charge in [0, 0.05) is 4.83 Å². The van der Waals surface area contributed by atoms with E-state index in [-0.39, 0.29) is 11.2 Å². The van der Waals surface area contributed by atoms with Crippen LogP contribution in [0.25, 0.3) is 10.8 Å². The number of carbonyl (C=O) groups is 1. The molecule has 0 saturated heterocycles. The molecule has 1 atom stereocenters. The average molecular weight is 279 g/mol. The van der Waals surface area contributed by atoms with Gasteiger partial charge in [-0.15, -0.1) is 0 Å². The van der Waals surface area contributed by atoms with Gasteiger partial charge >= 0.3 is 5.97 Å². The first-order chi connectivity index (χ1) is 7.66. The van der Waals surface area contributed by atoms with E-state index in [9.17, 15) is 4.79 Å². The van der Waals surface area contributed by atoms with Crippen molar-refractivity contribution in [2.24, 2.45) is 0 Å². The number of halogens is 1. The summed E-state index contributed by atoms with van der Waals surface area (Å²) < 4.78 is 0. The van der Waals surface area contributed by atoms with Crippen LogP contribution in [0, 0.1) is 0 Å². The Labute approximate surface area is 102 Å². The van der Waals surface area contributed by atoms with E-state index in [2.05, 4.69) is 15.9 Å². The number of carboxylic acids is 1. The van der Waals surface area contributed by atoms with Crippen LogP contribution in [0.5, 0.6) is 0 Å². The number of alkyl halides is 1. The molecule has 0 saturated carbocycles. The highest BCUT2D eigenvalue weighted by molar-refractivity contribution is 9.09. The van der Waals surface area contributed by atoms with Crippen molar-refractivity contribution in [2.75, 3.05) is 0 Å². The van der Waals surface area contributed by atoms with E-state index in [1.807, 2.05) is 42.5 Å². The number of fused-ring (bicyclic) bond motifs is 1. The highest BCUT2D eigenvalue weighted by atomic mass is 79.9. The minimum absolute atomic E-state index is 0.0956. The maximum absolute atomic E-state index is 10.6. The van der Waals surface area contributed by atoms with Crippen molar-refractivity contribution in [1.29, 1.82) is 0 Å². The molecule has 0 bridgehead atoms. The van der Waals surface area contributed by atoms with Crippen LogP contribution < -0.4 is 0 Å². The third kappa shape index (κ3) is 2.42. The predicted molar refractivity (Wildman–Crippen MR) is 67.9 cm³/mol. The quantitative estimate of drug-likeness (QED) is 0.869. The zero-order valence-corrected chi connectivity index (χ0v) is 10.1. The molecule has 2 aromatic carbocycles. The lowest BCUT2D eigenvalue weighted by atomic mass is 10.0. The number of hydrogen-bond acceptors (Lipinski definition) is 1. The Balaban J connectivity index is 2.35. The van der Waals surface area contributed by atoms with Crippen molar-refractivity contribution in [3.8, 4) is 0 Å². The molecule has 0 spiro atoms. The highest BCUT2D eigenvalue weighted by Crippen LogP contribution is 2.28. The fraction of sp³-hybridized carbons (Fsp3) is 0.154. The predicted octanol–water partition coefficient (Wildman–Crippen LogP) is 3.75. The van der Waals surface area contributed by atoms with Gasteiger partial charge in [-0.2, -0.15) is 0 Å². The molecule has 1 N–H and O–H groups in total. The molecule has 0 amide bonds. The molecular weight excluding hydrogens is 268 g/mol. The summed E-state index contributed by atoms with van der Waals surface area (Å²) in [6.07, 6.45) is 0.0956. The standard InChI is InChI=1S/C13H11BrO2/c14-12(8-13(15)16)11-6-5-9-3-1-2-4-10(9)7-11/h1-7,12H,8H2,(H,15,16). The second-order valence-corrected chi connectivity index (χ2v) is 4.78. The van der Waals surface area contributed by atoms with E-state index in [4.69, 9.17) is 5.11 Å². The van der Waals surface area contributed by atoms with Gasteiger partial charge in [-0.05, 0) is 16.3 Å². The molecule has 0 heterocycles. The van der Waals surface area contributed by atoms with Crippen molar-refractivity contribution in [2.45, 2.75) is 11.2 Å².